The minimum Gasteiger partial charge on any atom is -0.368 e. The SMILES string of the molecule is [Ta+2].c1cc[nH]c1. The predicted molar refractivity (Wildman–Crippen MR) is 20.8 cm³/mol. The van der Waals surface area contributed by atoms with Gasteiger partial charge in [-0.2, -0.15) is 0 Å². The second-order valence-electron chi connectivity index (χ2n) is 0.885. The Kier molecular flexibility index (Phi) is 3.23. The molecule has 0 saturated heterocycles. The summed E-state index contributed by atoms with van der Waals surface area (Å²) in [6.07, 6.45) is 3.75. The maximum absolute atomic E-state index is 2.86. The normalized spacial score (nSPS) is 6.67. The Bertz CT molecular complexity index is 64.0. The zero-order valence-electron chi connectivity index (χ0n) is 3.26. The first-order valence-electron chi connectivity index (χ1n) is 1.58. The Balaban J connectivity index is 0.000000250. The second kappa shape index (κ2) is 3.22. The quantitative estimate of drug-likeness (QED) is 0.705. The van der Waals surface area contributed by atoms with Gasteiger partial charge in [0, 0.05) is 12.4 Å². The maximum Gasteiger partial charge on any atom is 2.00 e. The van der Waals surface area contributed by atoms with E-state index in [-0.39, 0.29) is 22.4 Å². The molecular weight excluding hydrogens is 243 g/mol. The van der Waals surface area contributed by atoms with E-state index in [2.05, 4.69) is 4.98 Å². The van der Waals surface area contributed by atoms with Crippen molar-refractivity contribution >= 4 is 0 Å². The van der Waals surface area contributed by atoms with E-state index in [4.69, 9.17) is 0 Å². The zero-order valence-corrected chi connectivity index (χ0v) is 6.47. The fraction of sp³-hybridized carbons (Fsp3) is 0. The summed E-state index contributed by atoms with van der Waals surface area (Å²) in [4.78, 5) is 2.86. The fourth-order valence-corrected chi connectivity index (χ4v) is 0.278. The van der Waals surface area contributed by atoms with Crippen molar-refractivity contribution in [1.82, 2.24) is 4.98 Å². The third-order valence-corrected chi connectivity index (χ3v) is 0.496. The van der Waals surface area contributed by atoms with Crippen molar-refractivity contribution < 1.29 is 22.4 Å². The molecule has 0 aliphatic carbocycles. The molecular formula is C4H5NTa+2. The van der Waals surface area contributed by atoms with Gasteiger partial charge in [0.1, 0.15) is 0 Å². The van der Waals surface area contributed by atoms with Crippen molar-refractivity contribution in [2.75, 3.05) is 0 Å². The van der Waals surface area contributed by atoms with Crippen LogP contribution in [0.1, 0.15) is 0 Å². The molecule has 0 unspecified atom stereocenters. The Hall–Kier alpha value is 0.0203. The van der Waals surface area contributed by atoms with Crippen LogP contribution in [0.5, 0.6) is 0 Å². The van der Waals surface area contributed by atoms with Gasteiger partial charge in [0.15, 0.2) is 0 Å². The Morgan fingerprint density at radius 1 is 1.00 bits per heavy atom. The Morgan fingerprint density at radius 2 is 1.50 bits per heavy atom. The van der Waals surface area contributed by atoms with Crippen LogP contribution < -0.4 is 0 Å². The van der Waals surface area contributed by atoms with Crippen LogP contribution in [0.25, 0.3) is 0 Å². The molecule has 0 bridgehead atoms. The number of H-pyrrole nitrogens is 1. The first-order valence-corrected chi connectivity index (χ1v) is 1.58. The van der Waals surface area contributed by atoms with Gasteiger partial charge in [-0.25, -0.2) is 0 Å². The maximum atomic E-state index is 2.86. The summed E-state index contributed by atoms with van der Waals surface area (Å²) < 4.78 is 0. The van der Waals surface area contributed by atoms with Crippen molar-refractivity contribution in [3.8, 4) is 0 Å². The first-order chi connectivity index (χ1) is 2.50. The van der Waals surface area contributed by atoms with Crippen LogP contribution in [0.2, 0.25) is 0 Å². The molecule has 0 fully saturated rings. The van der Waals surface area contributed by atoms with Gasteiger partial charge in [0.25, 0.3) is 0 Å². The summed E-state index contributed by atoms with van der Waals surface area (Å²) in [5, 5.41) is 0. The molecule has 1 aromatic heterocycles. The van der Waals surface area contributed by atoms with E-state index < -0.39 is 0 Å². The summed E-state index contributed by atoms with van der Waals surface area (Å²) in [6.45, 7) is 0. The molecule has 1 nitrogen and oxygen atoms in total. The molecule has 0 aliphatic rings. The van der Waals surface area contributed by atoms with Crippen molar-refractivity contribution in [1.29, 1.82) is 0 Å². The largest absolute Gasteiger partial charge is 2.00 e. The van der Waals surface area contributed by atoms with E-state index in [1.54, 1.807) is 0 Å². The summed E-state index contributed by atoms with van der Waals surface area (Å²) >= 11 is 0. The van der Waals surface area contributed by atoms with Crippen LogP contribution in [0.3, 0.4) is 0 Å². The van der Waals surface area contributed by atoms with E-state index in [1.165, 1.54) is 0 Å². The molecule has 0 amide bonds. The Morgan fingerprint density at radius 3 is 1.67 bits per heavy atom. The minimum absolute atomic E-state index is 0. The number of rotatable bonds is 0. The smallest absolute Gasteiger partial charge is 0.368 e. The third-order valence-electron chi connectivity index (χ3n) is 0.496. The molecule has 0 atom stereocenters. The topological polar surface area (TPSA) is 15.8 Å². The van der Waals surface area contributed by atoms with Gasteiger partial charge >= 0.3 is 22.4 Å². The van der Waals surface area contributed by atoms with Gasteiger partial charge in [0.2, 0.25) is 0 Å². The fourth-order valence-electron chi connectivity index (χ4n) is 0.278. The monoisotopic (exact) mass is 248 g/mol. The molecule has 29 valence electrons. The van der Waals surface area contributed by atoms with Gasteiger partial charge in [-0.15, -0.1) is 0 Å². The summed E-state index contributed by atoms with van der Waals surface area (Å²) in [5.41, 5.74) is 0. The minimum atomic E-state index is 0. The van der Waals surface area contributed by atoms with E-state index in [0.717, 1.165) is 0 Å². The summed E-state index contributed by atoms with van der Waals surface area (Å²) in [7, 11) is 0. The molecule has 1 radical (unpaired) electrons. The molecule has 1 rings (SSSR count). The number of aromatic nitrogens is 1. The van der Waals surface area contributed by atoms with Gasteiger partial charge < -0.3 is 4.98 Å². The van der Waals surface area contributed by atoms with Gasteiger partial charge in [-0.3, -0.25) is 0 Å². The third kappa shape index (κ3) is 1.46. The number of hydrogen-bond donors (Lipinski definition) is 1. The van der Waals surface area contributed by atoms with Crippen LogP contribution in [0.4, 0.5) is 0 Å². The molecule has 0 saturated carbocycles. The standard InChI is InChI=1S/C4H5N.Ta/c1-2-4-5-3-1;/h1-5H;/q;+2. The number of hydrogen-bond acceptors (Lipinski definition) is 0. The van der Waals surface area contributed by atoms with Crippen LogP contribution in [0.15, 0.2) is 24.5 Å². The van der Waals surface area contributed by atoms with Crippen molar-refractivity contribution in [3.05, 3.63) is 24.5 Å². The van der Waals surface area contributed by atoms with Gasteiger partial charge in [0.05, 0.1) is 0 Å². The van der Waals surface area contributed by atoms with Gasteiger partial charge in [-0.05, 0) is 12.1 Å². The Labute approximate surface area is 52.3 Å². The zero-order chi connectivity index (χ0) is 3.54. The number of aromatic amines is 1. The molecule has 6 heavy (non-hydrogen) atoms. The second-order valence-corrected chi connectivity index (χ2v) is 0.885. The van der Waals surface area contributed by atoms with Crippen molar-refractivity contribution in [3.63, 3.8) is 0 Å². The van der Waals surface area contributed by atoms with Crippen LogP contribution in [-0.2, 0) is 22.4 Å². The van der Waals surface area contributed by atoms with E-state index in [0.29, 0.717) is 0 Å². The molecule has 1 N–H and O–H groups in total. The van der Waals surface area contributed by atoms with E-state index in [9.17, 15) is 0 Å². The summed E-state index contributed by atoms with van der Waals surface area (Å²) in [6, 6.07) is 3.89. The van der Waals surface area contributed by atoms with Crippen LogP contribution >= 0.6 is 0 Å². The van der Waals surface area contributed by atoms with E-state index in [1.807, 2.05) is 24.5 Å². The van der Waals surface area contributed by atoms with Crippen LogP contribution in [-0.4, -0.2) is 4.98 Å². The first kappa shape index (κ1) is 6.02. The van der Waals surface area contributed by atoms with Crippen molar-refractivity contribution in [2.45, 2.75) is 0 Å². The average Bonchev–Trinajstić information content (AvgIpc) is 1.76. The molecule has 1 aromatic rings. The molecule has 1 heterocycles. The molecule has 0 aromatic carbocycles. The number of nitrogens with one attached hydrogen (secondary N) is 1. The van der Waals surface area contributed by atoms with Gasteiger partial charge in [-0.1, -0.05) is 0 Å². The molecule has 2 heteroatoms. The van der Waals surface area contributed by atoms with E-state index >= 15 is 0 Å². The van der Waals surface area contributed by atoms with Crippen molar-refractivity contribution in [2.24, 2.45) is 0 Å². The average molecular weight is 248 g/mol. The predicted octanol–water partition coefficient (Wildman–Crippen LogP) is 1.01. The molecule has 0 spiro atoms. The van der Waals surface area contributed by atoms with Crippen LogP contribution in [0, 0.1) is 0 Å². The summed E-state index contributed by atoms with van der Waals surface area (Å²) in [5.74, 6) is 0. The molecule has 0 aliphatic heterocycles.